The van der Waals surface area contributed by atoms with Crippen LogP contribution in [-0.2, 0) is 4.74 Å². The predicted molar refractivity (Wildman–Crippen MR) is 54.8 cm³/mol. The highest BCUT2D eigenvalue weighted by Crippen LogP contribution is 2.00. The molecule has 0 aliphatic carbocycles. The quantitative estimate of drug-likeness (QED) is 0.649. The van der Waals surface area contributed by atoms with Gasteiger partial charge < -0.3 is 9.84 Å². The molecule has 0 saturated carbocycles. The van der Waals surface area contributed by atoms with Crippen LogP contribution in [-0.4, -0.2) is 49.5 Å². The van der Waals surface area contributed by atoms with Crippen LogP contribution < -0.4 is 0 Å². The lowest BCUT2D eigenvalue weighted by Crippen LogP contribution is -2.37. The average Bonchev–Trinajstić information content (AvgIpc) is 2.16. The van der Waals surface area contributed by atoms with Gasteiger partial charge >= 0.3 is 0 Å². The highest BCUT2D eigenvalue weighted by atomic mass is 16.5. The van der Waals surface area contributed by atoms with Gasteiger partial charge in [0.25, 0.3) is 0 Å². The molecular weight excluding hydrogens is 180 g/mol. The van der Waals surface area contributed by atoms with Gasteiger partial charge in [-0.05, 0) is 13.5 Å². The van der Waals surface area contributed by atoms with Gasteiger partial charge in [-0.2, -0.15) is 5.26 Å². The van der Waals surface area contributed by atoms with Crippen LogP contribution in [0.5, 0.6) is 0 Å². The van der Waals surface area contributed by atoms with E-state index in [1.807, 2.05) is 13.8 Å². The van der Waals surface area contributed by atoms with E-state index < -0.39 is 6.10 Å². The molecule has 1 N–H and O–H groups in total. The Hall–Kier alpha value is -0.630. The molecule has 0 heterocycles. The van der Waals surface area contributed by atoms with Crippen molar-refractivity contribution in [1.82, 2.24) is 4.90 Å². The molecule has 0 radical (unpaired) electrons. The molecule has 0 aliphatic heterocycles. The van der Waals surface area contributed by atoms with Gasteiger partial charge in [-0.15, -0.1) is 0 Å². The van der Waals surface area contributed by atoms with Crippen LogP contribution >= 0.6 is 0 Å². The minimum atomic E-state index is -0.467. The molecule has 0 aromatic rings. The molecule has 0 aromatic carbocycles. The molecule has 0 spiro atoms. The average molecular weight is 200 g/mol. The largest absolute Gasteiger partial charge is 0.389 e. The standard InChI is InChI=1S/C10H20N2O2/c1-4-12(6-9(2)5-11)7-10(13)8-14-3/h9-10,13H,4,6-8H2,1-3H3. The summed E-state index contributed by atoms with van der Waals surface area (Å²) in [6, 6.07) is 2.18. The van der Waals surface area contributed by atoms with Gasteiger partial charge in [0.1, 0.15) is 0 Å². The van der Waals surface area contributed by atoms with E-state index in [4.69, 9.17) is 10.00 Å². The van der Waals surface area contributed by atoms with Crippen LogP contribution in [0.1, 0.15) is 13.8 Å². The Labute approximate surface area is 86.1 Å². The molecule has 0 aliphatic rings. The molecule has 0 amide bonds. The maximum Gasteiger partial charge on any atom is 0.0900 e. The van der Waals surface area contributed by atoms with Crippen molar-refractivity contribution in [2.45, 2.75) is 20.0 Å². The Balaban J connectivity index is 3.84. The maximum absolute atomic E-state index is 9.49. The fourth-order valence-electron chi connectivity index (χ4n) is 1.30. The molecule has 0 bridgehead atoms. The number of aliphatic hydroxyl groups is 1. The molecule has 0 saturated heterocycles. The number of rotatable bonds is 7. The van der Waals surface area contributed by atoms with Crippen LogP contribution in [0.15, 0.2) is 0 Å². The van der Waals surface area contributed by atoms with E-state index >= 15 is 0 Å². The summed E-state index contributed by atoms with van der Waals surface area (Å²) in [5, 5.41) is 18.1. The molecule has 0 aromatic heterocycles. The van der Waals surface area contributed by atoms with E-state index in [0.717, 1.165) is 6.54 Å². The topological polar surface area (TPSA) is 56.5 Å². The molecule has 4 heteroatoms. The van der Waals surface area contributed by atoms with Crippen LogP contribution in [0, 0.1) is 17.2 Å². The zero-order valence-electron chi connectivity index (χ0n) is 9.23. The Morgan fingerprint density at radius 2 is 2.14 bits per heavy atom. The summed E-state index contributed by atoms with van der Waals surface area (Å²) in [6.45, 7) is 6.35. The Bertz CT molecular complexity index is 179. The molecule has 4 nitrogen and oxygen atoms in total. The number of nitrogens with zero attached hydrogens (tertiary/aromatic N) is 2. The fraction of sp³-hybridized carbons (Fsp3) is 0.900. The third-order valence-electron chi connectivity index (χ3n) is 2.03. The number of hydrogen-bond donors (Lipinski definition) is 1. The summed E-state index contributed by atoms with van der Waals surface area (Å²) < 4.78 is 4.84. The Morgan fingerprint density at radius 1 is 1.50 bits per heavy atom. The molecule has 82 valence electrons. The molecule has 0 fully saturated rings. The lowest BCUT2D eigenvalue weighted by Gasteiger charge is -2.23. The summed E-state index contributed by atoms with van der Waals surface area (Å²) >= 11 is 0. The van der Waals surface area contributed by atoms with E-state index in [2.05, 4.69) is 11.0 Å². The van der Waals surface area contributed by atoms with Crippen LogP contribution in [0.3, 0.4) is 0 Å². The Kier molecular flexibility index (Phi) is 7.40. The summed E-state index contributed by atoms with van der Waals surface area (Å²) in [5.41, 5.74) is 0. The van der Waals surface area contributed by atoms with E-state index in [0.29, 0.717) is 19.7 Å². The number of ether oxygens (including phenoxy) is 1. The van der Waals surface area contributed by atoms with Gasteiger partial charge in [0.2, 0.25) is 0 Å². The first-order valence-electron chi connectivity index (χ1n) is 4.93. The zero-order valence-corrected chi connectivity index (χ0v) is 9.23. The smallest absolute Gasteiger partial charge is 0.0900 e. The van der Waals surface area contributed by atoms with Gasteiger partial charge in [0.05, 0.1) is 24.7 Å². The number of nitriles is 1. The molecular formula is C10H20N2O2. The maximum atomic E-state index is 9.49. The lowest BCUT2D eigenvalue weighted by molar-refractivity contribution is 0.0373. The van der Waals surface area contributed by atoms with Crippen molar-refractivity contribution in [3.05, 3.63) is 0 Å². The van der Waals surface area contributed by atoms with E-state index in [1.165, 1.54) is 0 Å². The predicted octanol–water partition coefficient (Wildman–Crippen LogP) is 0.475. The van der Waals surface area contributed by atoms with Crippen molar-refractivity contribution >= 4 is 0 Å². The van der Waals surface area contributed by atoms with Gasteiger partial charge in [-0.1, -0.05) is 6.92 Å². The van der Waals surface area contributed by atoms with Gasteiger partial charge in [-0.3, -0.25) is 4.90 Å². The highest BCUT2D eigenvalue weighted by molar-refractivity contribution is 4.81. The zero-order chi connectivity index (χ0) is 11.0. The Morgan fingerprint density at radius 3 is 2.57 bits per heavy atom. The fourth-order valence-corrected chi connectivity index (χ4v) is 1.30. The summed E-state index contributed by atoms with van der Waals surface area (Å²) in [5.74, 6) is 0.00435. The van der Waals surface area contributed by atoms with E-state index in [9.17, 15) is 5.11 Å². The van der Waals surface area contributed by atoms with Crippen molar-refractivity contribution in [2.24, 2.45) is 5.92 Å². The molecule has 2 unspecified atom stereocenters. The number of methoxy groups -OCH3 is 1. The first-order valence-corrected chi connectivity index (χ1v) is 4.93. The number of hydrogen-bond acceptors (Lipinski definition) is 4. The monoisotopic (exact) mass is 200 g/mol. The first kappa shape index (κ1) is 13.4. The normalized spacial score (nSPS) is 15.1. The second kappa shape index (κ2) is 7.74. The SMILES string of the molecule is CCN(CC(C)C#N)CC(O)COC. The molecule has 0 rings (SSSR count). The minimum absolute atomic E-state index is 0.00435. The lowest BCUT2D eigenvalue weighted by atomic mass is 10.2. The third-order valence-corrected chi connectivity index (χ3v) is 2.03. The number of aliphatic hydroxyl groups excluding tert-OH is 1. The first-order chi connectivity index (χ1) is 6.63. The van der Waals surface area contributed by atoms with Crippen molar-refractivity contribution in [2.75, 3.05) is 33.4 Å². The van der Waals surface area contributed by atoms with Crippen molar-refractivity contribution in [1.29, 1.82) is 5.26 Å². The van der Waals surface area contributed by atoms with Crippen LogP contribution in [0.25, 0.3) is 0 Å². The van der Waals surface area contributed by atoms with E-state index in [1.54, 1.807) is 7.11 Å². The van der Waals surface area contributed by atoms with Gasteiger partial charge in [0.15, 0.2) is 0 Å². The van der Waals surface area contributed by atoms with Gasteiger partial charge in [-0.25, -0.2) is 0 Å². The van der Waals surface area contributed by atoms with E-state index in [-0.39, 0.29) is 5.92 Å². The van der Waals surface area contributed by atoms with Crippen molar-refractivity contribution in [3.63, 3.8) is 0 Å². The summed E-state index contributed by atoms with van der Waals surface area (Å²) in [7, 11) is 1.57. The van der Waals surface area contributed by atoms with Crippen molar-refractivity contribution < 1.29 is 9.84 Å². The third kappa shape index (κ3) is 5.92. The highest BCUT2D eigenvalue weighted by Gasteiger charge is 2.12. The second-order valence-electron chi connectivity index (χ2n) is 3.49. The number of likely N-dealkylation sites (N-methyl/N-ethyl adjacent to an activating group) is 1. The molecule has 14 heavy (non-hydrogen) atoms. The molecule has 2 atom stereocenters. The van der Waals surface area contributed by atoms with Gasteiger partial charge in [0, 0.05) is 20.2 Å². The van der Waals surface area contributed by atoms with Crippen LogP contribution in [0.2, 0.25) is 0 Å². The minimum Gasteiger partial charge on any atom is -0.389 e. The summed E-state index contributed by atoms with van der Waals surface area (Å²) in [4.78, 5) is 2.05. The summed E-state index contributed by atoms with van der Waals surface area (Å²) in [6.07, 6.45) is -0.467. The van der Waals surface area contributed by atoms with Crippen LogP contribution in [0.4, 0.5) is 0 Å². The second-order valence-corrected chi connectivity index (χ2v) is 3.49. The van der Waals surface area contributed by atoms with Crippen molar-refractivity contribution in [3.8, 4) is 6.07 Å².